The van der Waals surface area contributed by atoms with Crippen LogP contribution in [0.25, 0.3) is 0 Å². The van der Waals surface area contributed by atoms with E-state index in [2.05, 4.69) is 5.32 Å². The Kier molecular flexibility index (Phi) is 5.29. The summed E-state index contributed by atoms with van der Waals surface area (Å²) in [6, 6.07) is 6.23. The quantitative estimate of drug-likeness (QED) is 0.678. The monoisotopic (exact) mass is 294 g/mol. The first kappa shape index (κ1) is 16.5. The molecule has 1 aromatic rings. The van der Waals surface area contributed by atoms with Crippen LogP contribution in [0.4, 0.5) is 0 Å². The summed E-state index contributed by atoms with van der Waals surface area (Å²) in [7, 11) is 0. The third-order valence-corrected chi connectivity index (χ3v) is 3.11. The molecule has 0 saturated carbocycles. The molecule has 0 saturated heterocycles. The van der Waals surface area contributed by atoms with Gasteiger partial charge in [0.1, 0.15) is 11.3 Å². The van der Waals surface area contributed by atoms with Crippen molar-refractivity contribution in [1.29, 1.82) is 0 Å². The molecule has 1 unspecified atom stereocenters. The van der Waals surface area contributed by atoms with Gasteiger partial charge in [-0.25, -0.2) is 4.79 Å². The molecule has 2 amide bonds. The van der Waals surface area contributed by atoms with Gasteiger partial charge in [0.05, 0.1) is 5.56 Å². The number of nitrogens with one attached hydrogen (secondary N) is 1. The molecule has 0 radical (unpaired) electrons. The summed E-state index contributed by atoms with van der Waals surface area (Å²) in [5.74, 6) is -2.22. The fourth-order valence-corrected chi connectivity index (χ4v) is 1.58. The highest BCUT2D eigenvalue weighted by Crippen LogP contribution is 2.17. The van der Waals surface area contributed by atoms with Gasteiger partial charge < -0.3 is 20.9 Å². The number of carbonyl (C=O) groups is 3. The van der Waals surface area contributed by atoms with Crippen molar-refractivity contribution in [3.63, 3.8) is 0 Å². The van der Waals surface area contributed by atoms with Gasteiger partial charge >= 0.3 is 5.97 Å². The third kappa shape index (κ3) is 4.20. The highest BCUT2D eigenvalue weighted by molar-refractivity contribution is 5.95. The molecule has 0 aliphatic carbocycles. The van der Waals surface area contributed by atoms with Gasteiger partial charge in [0, 0.05) is 0 Å². The van der Waals surface area contributed by atoms with Crippen molar-refractivity contribution in [3.8, 4) is 5.75 Å². The van der Waals surface area contributed by atoms with Gasteiger partial charge in [-0.05, 0) is 25.5 Å². The summed E-state index contributed by atoms with van der Waals surface area (Å²) in [6.45, 7) is 2.65. The number of hydrogen-bond donors (Lipinski definition) is 3. The lowest BCUT2D eigenvalue weighted by molar-refractivity contribution is -0.147. The zero-order valence-electron chi connectivity index (χ0n) is 11.9. The highest BCUT2D eigenvalue weighted by atomic mass is 16.5. The van der Waals surface area contributed by atoms with Crippen molar-refractivity contribution in [2.24, 2.45) is 5.73 Å². The molecule has 114 valence electrons. The molecule has 21 heavy (non-hydrogen) atoms. The van der Waals surface area contributed by atoms with Crippen LogP contribution >= 0.6 is 0 Å². The maximum atomic E-state index is 11.8. The second-order valence-electron chi connectivity index (χ2n) is 4.69. The molecular weight excluding hydrogens is 276 g/mol. The molecule has 0 bridgehead atoms. The number of para-hydroxylation sites is 1. The van der Waals surface area contributed by atoms with E-state index >= 15 is 0 Å². The van der Waals surface area contributed by atoms with Gasteiger partial charge in [0.2, 0.25) is 0 Å². The standard InChI is InChI=1S/C14H18N2O5/c1-3-14(2,13(19)20)16-11(17)8-21-10-7-5-4-6-9(10)12(15)18/h4-7H,3,8H2,1-2H3,(H2,15,18)(H,16,17)(H,19,20). The van der Waals surface area contributed by atoms with Crippen LogP contribution in [-0.2, 0) is 9.59 Å². The summed E-state index contributed by atoms with van der Waals surface area (Å²) in [5.41, 5.74) is 3.98. The van der Waals surface area contributed by atoms with Crippen LogP contribution in [0.15, 0.2) is 24.3 Å². The van der Waals surface area contributed by atoms with Crippen LogP contribution in [-0.4, -0.2) is 35.0 Å². The van der Waals surface area contributed by atoms with E-state index in [-0.39, 0.29) is 17.7 Å². The van der Waals surface area contributed by atoms with E-state index in [1.165, 1.54) is 19.1 Å². The number of aliphatic carboxylic acids is 1. The Hall–Kier alpha value is -2.57. The number of hydrogen-bond acceptors (Lipinski definition) is 4. The zero-order chi connectivity index (χ0) is 16.0. The zero-order valence-corrected chi connectivity index (χ0v) is 11.9. The van der Waals surface area contributed by atoms with E-state index in [0.29, 0.717) is 0 Å². The predicted molar refractivity (Wildman–Crippen MR) is 74.9 cm³/mol. The molecule has 0 spiro atoms. The van der Waals surface area contributed by atoms with Gasteiger partial charge in [-0.15, -0.1) is 0 Å². The molecule has 0 aliphatic heterocycles. The number of carboxylic acid groups (broad SMARTS) is 1. The summed E-state index contributed by atoms with van der Waals surface area (Å²) in [5, 5.41) is 11.4. The molecule has 0 heterocycles. The fourth-order valence-electron chi connectivity index (χ4n) is 1.58. The first-order chi connectivity index (χ1) is 9.80. The van der Waals surface area contributed by atoms with Crippen molar-refractivity contribution in [2.75, 3.05) is 6.61 Å². The number of amides is 2. The molecule has 1 rings (SSSR count). The van der Waals surface area contributed by atoms with Gasteiger partial charge in [-0.2, -0.15) is 0 Å². The maximum Gasteiger partial charge on any atom is 0.329 e. The molecule has 0 aromatic heterocycles. The molecule has 0 fully saturated rings. The van der Waals surface area contributed by atoms with E-state index in [0.717, 1.165) is 0 Å². The minimum Gasteiger partial charge on any atom is -0.483 e. The lowest BCUT2D eigenvalue weighted by Gasteiger charge is -2.24. The minimum absolute atomic E-state index is 0.154. The predicted octanol–water partition coefficient (Wildman–Crippen LogP) is 0.534. The van der Waals surface area contributed by atoms with E-state index in [1.54, 1.807) is 19.1 Å². The minimum atomic E-state index is -1.36. The Morgan fingerprint density at radius 3 is 2.48 bits per heavy atom. The van der Waals surface area contributed by atoms with Crippen LogP contribution in [0.5, 0.6) is 5.75 Å². The largest absolute Gasteiger partial charge is 0.483 e. The maximum absolute atomic E-state index is 11.8. The Balaban J connectivity index is 2.70. The molecular formula is C14H18N2O5. The molecule has 1 atom stereocenters. The van der Waals surface area contributed by atoms with Crippen LogP contribution in [0.3, 0.4) is 0 Å². The number of nitrogens with two attached hydrogens (primary N) is 1. The summed E-state index contributed by atoms with van der Waals surface area (Å²) in [6.07, 6.45) is 0.228. The Morgan fingerprint density at radius 2 is 1.95 bits per heavy atom. The van der Waals surface area contributed by atoms with E-state index in [9.17, 15) is 14.4 Å². The number of benzene rings is 1. The number of carbonyl (C=O) groups excluding carboxylic acids is 2. The first-order valence-electron chi connectivity index (χ1n) is 6.36. The number of primary amides is 1. The van der Waals surface area contributed by atoms with Crippen LogP contribution in [0.2, 0.25) is 0 Å². The van der Waals surface area contributed by atoms with Crippen LogP contribution < -0.4 is 15.8 Å². The van der Waals surface area contributed by atoms with Gasteiger partial charge in [-0.3, -0.25) is 9.59 Å². The Bertz CT molecular complexity index is 558. The van der Waals surface area contributed by atoms with E-state index in [4.69, 9.17) is 15.6 Å². The van der Waals surface area contributed by atoms with Crippen molar-refractivity contribution in [3.05, 3.63) is 29.8 Å². The van der Waals surface area contributed by atoms with Gasteiger partial charge in [-0.1, -0.05) is 19.1 Å². The number of ether oxygens (including phenoxy) is 1. The molecule has 4 N–H and O–H groups in total. The fraction of sp³-hybridized carbons (Fsp3) is 0.357. The number of carboxylic acids is 1. The van der Waals surface area contributed by atoms with Gasteiger partial charge in [0.25, 0.3) is 11.8 Å². The molecule has 1 aromatic carbocycles. The molecule has 7 nitrogen and oxygen atoms in total. The smallest absolute Gasteiger partial charge is 0.329 e. The second-order valence-corrected chi connectivity index (χ2v) is 4.69. The van der Waals surface area contributed by atoms with Crippen molar-refractivity contribution in [2.45, 2.75) is 25.8 Å². The Labute approximate surface area is 122 Å². The average Bonchev–Trinajstić information content (AvgIpc) is 2.44. The summed E-state index contributed by atoms with van der Waals surface area (Å²) in [4.78, 5) is 34.0. The first-order valence-corrected chi connectivity index (χ1v) is 6.36. The normalized spacial score (nSPS) is 13.0. The average molecular weight is 294 g/mol. The molecule has 7 heteroatoms. The number of rotatable bonds is 7. The lowest BCUT2D eigenvalue weighted by atomic mass is 9.99. The van der Waals surface area contributed by atoms with Crippen LogP contribution in [0.1, 0.15) is 30.6 Å². The van der Waals surface area contributed by atoms with Crippen molar-refractivity contribution in [1.82, 2.24) is 5.32 Å². The van der Waals surface area contributed by atoms with E-state index in [1.807, 2.05) is 0 Å². The summed E-state index contributed by atoms with van der Waals surface area (Å²) < 4.78 is 5.22. The van der Waals surface area contributed by atoms with E-state index < -0.39 is 29.9 Å². The third-order valence-electron chi connectivity index (χ3n) is 3.11. The molecule has 0 aliphatic rings. The second kappa shape index (κ2) is 6.74. The SMILES string of the molecule is CCC(C)(NC(=O)COc1ccccc1C(N)=O)C(=O)O. The Morgan fingerprint density at radius 1 is 1.33 bits per heavy atom. The highest BCUT2D eigenvalue weighted by Gasteiger charge is 2.32. The van der Waals surface area contributed by atoms with Gasteiger partial charge in [0.15, 0.2) is 6.61 Å². The van der Waals surface area contributed by atoms with Crippen molar-refractivity contribution >= 4 is 17.8 Å². The summed E-state index contributed by atoms with van der Waals surface area (Å²) >= 11 is 0. The lowest BCUT2D eigenvalue weighted by Crippen LogP contribution is -2.53. The van der Waals surface area contributed by atoms with Crippen LogP contribution in [0, 0.1) is 0 Å². The topological polar surface area (TPSA) is 119 Å². The van der Waals surface area contributed by atoms with Crippen molar-refractivity contribution < 1.29 is 24.2 Å².